The molecule has 0 radical (unpaired) electrons. The number of hydrogen-bond acceptors (Lipinski definition) is 4. The number of unbranched alkanes of at least 4 members (excludes halogenated alkanes) is 1. The molecule has 0 aliphatic rings. The van der Waals surface area contributed by atoms with E-state index in [-0.39, 0.29) is 12.5 Å². The Morgan fingerprint density at radius 2 is 1.67 bits per heavy atom. The van der Waals surface area contributed by atoms with Gasteiger partial charge in [-0.2, -0.15) is 12.7 Å². The van der Waals surface area contributed by atoms with Crippen molar-refractivity contribution in [2.75, 3.05) is 31.5 Å². The number of benzene rings is 2. The lowest BCUT2D eigenvalue weighted by Crippen LogP contribution is -2.52. The Morgan fingerprint density at radius 1 is 1.00 bits per heavy atom. The summed E-state index contributed by atoms with van der Waals surface area (Å²) in [6.45, 7) is 9.64. The number of amides is 2. The lowest BCUT2D eigenvalue weighted by atomic mass is 10.1. The molecule has 0 spiro atoms. The number of anilines is 1. The number of aryl methyl sites for hydroxylation is 3. The van der Waals surface area contributed by atoms with Gasteiger partial charge in [0.1, 0.15) is 12.6 Å². The largest absolute Gasteiger partial charge is 0.354 e. The van der Waals surface area contributed by atoms with E-state index in [9.17, 15) is 18.0 Å². The molecule has 0 bridgehead atoms. The minimum absolute atomic E-state index is 0.186. The fourth-order valence-corrected chi connectivity index (χ4v) is 4.93. The van der Waals surface area contributed by atoms with Crippen LogP contribution in [0.3, 0.4) is 0 Å². The number of nitrogens with zero attached hydrogens (tertiary/aromatic N) is 3. The average molecular weight is 517 g/mol. The number of hydrogen-bond donors (Lipinski definition) is 1. The molecule has 0 aromatic heterocycles. The molecule has 0 heterocycles. The number of rotatable bonds is 12. The Kier molecular flexibility index (Phi) is 10.5. The highest BCUT2D eigenvalue weighted by atomic mass is 32.2. The normalized spacial score (nSPS) is 12.3. The molecule has 2 aromatic rings. The molecule has 2 amide bonds. The highest BCUT2D eigenvalue weighted by molar-refractivity contribution is 7.90. The van der Waals surface area contributed by atoms with Crippen molar-refractivity contribution in [3.05, 3.63) is 64.7 Å². The van der Waals surface area contributed by atoms with Crippen LogP contribution in [0.2, 0.25) is 0 Å². The molecule has 2 rings (SSSR count). The van der Waals surface area contributed by atoms with Crippen LogP contribution >= 0.6 is 0 Å². The van der Waals surface area contributed by atoms with Crippen molar-refractivity contribution in [3.8, 4) is 0 Å². The molecule has 198 valence electrons. The van der Waals surface area contributed by atoms with Crippen molar-refractivity contribution in [3.63, 3.8) is 0 Å². The van der Waals surface area contributed by atoms with E-state index >= 15 is 0 Å². The zero-order chi connectivity index (χ0) is 27.0. The van der Waals surface area contributed by atoms with Crippen molar-refractivity contribution < 1.29 is 18.0 Å². The maximum absolute atomic E-state index is 13.8. The smallest absolute Gasteiger partial charge is 0.304 e. The van der Waals surface area contributed by atoms with Gasteiger partial charge >= 0.3 is 10.2 Å². The molecular formula is C27H40N4O4S. The Balaban J connectivity index is 2.47. The van der Waals surface area contributed by atoms with Crippen molar-refractivity contribution >= 4 is 27.7 Å². The van der Waals surface area contributed by atoms with Crippen molar-refractivity contribution in [2.24, 2.45) is 0 Å². The summed E-state index contributed by atoms with van der Waals surface area (Å²) in [6, 6.07) is 12.4. The van der Waals surface area contributed by atoms with E-state index in [0.717, 1.165) is 43.7 Å². The third-order valence-corrected chi connectivity index (χ3v) is 7.89. The summed E-state index contributed by atoms with van der Waals surface area (Å²) in [5.74, 6) is -0.723. The van der Waals surface area contributed by atoms with Crippen LogP contribution in [0.15, 0.2) is 42.5 Å². The van der Waals surface area contributed by atoms with E-state index in [2.05, 4.69) is 5.32 Å². The summed E-state index contributed by atoms with van der Waals surface area (Å²) >= 11 is 0. The van der Waals surface area contributed by atoms with Gasteiger partial charge in [-0.25, -0.2) is 4.31 Å². The van der Waals surface area contributed by atoms with E-state index in [0.29, 0.717) is 12.2 Å². The minimum Gasteiger partial charge on any atom is -0.354 e. The predicted molar refractivity (Wildman–Crippen MR) is 145 cm³/mol. The first kappa shape index (κ1) is 29.3. The van der Waals surface area contributed by atoms with Crippen LogP contribution in [0.1, 0.15) is 48.9 Å². The van der Waals surface area contributed by atoms with Gasteiger partial charge < -0.3 is 10.2 Å². The third kappa shape index (κ3) is 7.54. The van der Waals surface area contributed by atoms with Crippen molar-refractivity contribution in [1.29, 1.82) is 0 Å². The van der Waals surface area contributed by atoms with Crippen molar-refractivity contribution in [2.45, 2.75) is 60.0 Å². The van der Waals surface area contributed by atoms with Gasteiger partial charge in [-0.3, -0.25) is 9.59 Å². The number of nitrogens with one attached hydrogen (secondary N) is 1. The molecule has 0 saturated carbocycles. The summed E-state index contributed by atoms with van der Waals surface area (Å²) in [5.41, 5.74) is 3.95. The van der Waals surface area contributed by atoms with Gasteiger partial charge in [-0.05, 0) is 56.9 Å². The van der Waals surface area contributed by atoms with Gasteiger partial charge in [0.15, 0.2) is 0 Å². The maximum Gasteiger partial charge on any atom is 0.304 e. The molecule has 0 unspecified atom stereocenters. The van der Waals surface area contributed by atoms with Gasteiger partial charge in [-0.1, -0.05) is 55.3 Å². The van der Waals surface area contributed by atoms with Crippen LogP contribution in [0.4, 0.5) is 5.69 Å². The summed E-state index contributed by atoms with van der Waals surface area (Å²) in [7, 11) is -1.11. The molecule has 8 nitrogen and oxygen atoms in total. The summed E-state index contributed by atoms with van der Waals surface area (Å²) in [6.07, 6.45) is 1.78. The van der Waals surface area contributed by atoms with Gasteiger partial charge in [0.05, 0.1) is 5.69 Å². The quantitative estimate of drug-likeness (QED) is 0.437. The lowest BCUT2D eigenvalue weighted by Gasteiger charge is -2.33. The fourth-order valence-electron chi connectivity index (χ4n) is 3.82. The monoisotopic (exact) mass is 516 g/mol. The van der Waals surface area contributed by atoms with Gasteiger partial charge in [0.25, 0.3) is 0 Å². The van der Waals surface area contributed by atoms with Crippen LogP contribution in [0.5, 0.6) is 0 Å². The topological polar surface area (TPSA) is 90.0 Å². The second-order valence-electron chi connectivity index (χ2n) is 9.42. The molecule has 2 aromatic carbocycles. The SMILES string of the molecule is CCCCNC(=O)[C@H](C)N(Cc1cccc(C)c1)C(=O)CN(c1cc(C)ccc1C)S(=O)(=O)N(C)C. The Morgan fingerprint density at radius 3 is 2.28 bits per heavy atom. The summed E-state index contributed by atoms with van der Waals surface area (Å²) in [5, 5.41) is 2.89. The Bertz CT molecular complexity index is 1160. The number of carbonyl (C=O) groups is 2. The molecule has 0 aliphatic carbocycles. The standard InChI is InChI=1S/C27H40N4O4S/c1-8-9-15-28-27(33)23(5)30(18-24-12-10-11-20(2)16-24)26(32)19-31(36(34,35)29(6)7)25-17-21(3)13-14-22(25)4/h10-14,16-17,23H,8-9,15,18-19H2,1-7H3,(H,28,33)/t23-/m0/s1. The zero-order valence-corrected chi connectivity index (χ0v) is 23.4. The lowest BCUT2D eigenvalue weighted by molar-refractivity contribution is -0.139. The first-order chi connectivity index (χ1) is 16.9. The minimum atomic E-state index is -3.98. The van der Waals surface area contributed by atoms with Crippen LogP contribution in [0, 0.1) is 20.8 Å². The first-order valence-electron chi connectivity index (χ1n) is 12.3. The summed E-state index contributed by atoms with van der Waals surface area (Å²) < 4.78 is 28.9. The van der Waals surface area contributed by atoms with E-state index in [4.69, 9.17) is 0 Å². The molecule has 9 heteroatoms. The zero-order valence-electron chi connectivity index (χ0n) is 22.5. The molecular weight excluding hydrogens is 476 g/mol. The molecule has 1 N–H and O–H groups in total. The third-order valence-electron chi connectivity index (χ3n) is 6.08. The second kappa shape index (κ2) is 12.9. The van der Waals surface area contributed by atoms with Crippen LogP contribution in [-0.4, -0.2) is 62.7 Å². The molecule has 0 saturated heterocycles. The van der Waals surface area contributed by atoms with Crippen LogP contribution in [0.25, 0.3) is 0 Å². The van der Waals surface area contributed by atoms with Gasteiger partial charge in [0, 0.05) is 27.2 Å². The summed E-state index contributed by atoms with van der Waals surface area (Å²) in [4.78, 5) is 28.2. The first-order valence-corrected chi connectivity index (χ1v) is 13.7. The van der Waals surface area contributed by atoms with Crippen LogP contribution in [-0.2, 0) is 26.3 Å². The molecule has 0 aliphatic heterocycles. The van der Waals surface area contributed by atoms with E-state index in [1.807, 2.05) is 64.1 Å². The number of carbonyl (C=O) groups excluding carboxylic acids is 2. The molecule has 1 atom stereocenters. The Labute approximate surface area is 216 Å². The second-order valence-corrected chi connectivity index (χ2v) is 11.5. The maximum atomic E-state index is 13.8. The highest BCUT2D eigenvalue weighted by Gasteiger charge is 2.33. The van der Waals surface area contributed by atoms with Gasteiger partial charge in [-0.15, -0.1) is 0 Å². The van der Waals surface area contributed by atoms with E-state index in [1.165, 1.54) is 19.0 Å². The average Bonchev–Trinajstić information content (AvgIpc) is 2.82. The van der Waals surface area contributed by atoms with Gasteiger partial charge in [0.2, 0.25) is 11.8 Å². The van der Waals surface area contributed by atoms with Crippen molar-refractivity contribution in [1.82, 2.24) is 14.5 Å². The fraction of sp³-hybridized carbons (Fsp3) is 0.481. The van der Waals surface area contributed by atoms with E-state index < -0.39 is 28.7 Å². The van der Waals surface area contributed by atoms with Crippen LogP contribution < -0.4 is 9.62 Å². The molecule has 36 heavy (non-hydrogen) atoms. The Hall–Kier alpha value is -2.91. The highest BCUT2D eigenvalue weighted by Crippen LogP contribution is 2.26. The predicted octanol–water partition coefficient (Wildman–Crippen LogP) is 3.56. The van der Waals surface area contributed by atoms with E-state index in [1.54, 1.807) is 13.0 Å². The molecule has 0 fully saturated rings.